The summed E-state index contributed by atoms with van der Waals surface area (Å²) in [4.78, 5) is 26.2. The van der Waals surface area contributed by atoms with E-state index in [9.17, 15) is 14.7 Å². The number of amides is 1. The van der Waals surface area contributed by atoms with Gasteiger partial charge in [-0.15, -0.1) is 0 Å². The molecule has 0 saturated carbocycles. The number of H-pyrrole nitrogens is 1. The Labute approximate surface area is 136 Å². The zero-order chi connectivity index (χ0) is 15.7. The first-order valence-electron chi connectivity index (χ1n) is 5.99. The predicted octanol–water partition coefficient (Wildman–Crippen LogP) is 2.26. The molecule has 0 unspecified atom stereocenters. The van der Waals surface area contributed by atoms with Crippen LogP contribution in [0.2, 0.25) is 0 Å². The largest absolute Gasteiger partial charge is 0.480 e. The van der Waals surface area contributed by atoms with E-state index >= 15 is 0 Å². The third kappa shape index (κ3) is 3.28. The summed E-state index contributed by atoms with van der Waals surface area (Å²) in [5.41, 5.74) is 1.05. The van der Waals surface area contributed by atoms with E-state index in [0.717, 1.165) is 14.5 Å². The number of aromatic nitrogens is 1. The van der Waals surface area contributed by atoms with Crippen molar-refractivity contribution in [3.8, 4) is 0 Å². The molecule has 0 aliphatic heterocycles. The fourth-order valence-corrected chi connectivity index (χ4v) is 2.60. The smallest absolute Gasteiger partial charge is 0.328 e. The number of aliphatic hydroxyl groups excluding tert-OH is 1. The number of carboxylic acid groups (broad SMARTS) is 1. The number of carbonyl (C=O) groups is 2. The summed E-state index contributed by atoms with van der Waals surface area (Å²) >= 11 is 6.72. The molecule has 112 valence electrons. The van der Waals surface area contributed by atoms with Gasteiger partial charge in [0.05, 0.1) is 11.7 Å². The molecule has 2 atom stereocenters. The number of carbonyl (C=O) groups excluding carboxylic acids is 1. The molecular formula is C13H12Br2N2O4. The summed E-state index contributed by atoms with van der Waals surface area (Å²) < 4.78 is 1.60. The second kappa shape index (κ2) is 6.17. The second-order valence-electron chi connectivity index (χ2n) is 4.54. The quantitative estimate of drug-likeness (QED) is 0.610. The number of hydrogen-bond acceptors (Lipinski definition) is 3. The van der Waals surface area contributed by atoms with Crippen molar-refractivity contribution < 1.29 is 19.8 Å². The van der Waals surface area contributed by atoms with E-state index < -0.39 is 24.0 Å². The second-order valence-corrected chi connectivity index (χ2v) is 6.25. The number of benzene rings is 1. The maximum Gasteiger partial charge on any atom is 0.328 e. The average Bonchev–Trinajstić information content (AvgIpc) is 2.78. The summed E-state index contributed by atoms with van der Waals surface area (Å²) in [6.45, 7) is 1.31. The van der Waals surface area contributed by atoms with Crippen LogP contribution in [0.4, 0.5) is 0 Å². The summed E-state index contributed by atoms with van der Waals surface area (Å²) in [6, 6.07) is 2.20. The molecule has 6 nitrogen and oxygen atoms in total. The van der Waals surface area contributed by atoms with E-state index in [1.807, 2.05) is 0 Å². The van der Waals surface area contributed by atoms with Gasteiger partial charge in [-0.3, -0.25) is 4.79 Å². The van der Waals surface area contributed by atoms with Crippen LogP contribution < -0.4 is 5.32 Å². The Morgan fingerprint density at radius 3 is 2.48 bits per heavy atom. The molecule has 4 N–H and O–H groups in total. The van der Waals surface area contributed by atoms with Crippen LogP contribution in [0.15, 0.2) is 27.3 Å². The molecule has 2 aromatic rings. The standard InChI is InChI=1S/C13H12Br2N2O4/c1-5(18)11(13(20)21)17-12(19)7-4-16-10-3-9(15)8(14)2-6(7)10/h2-5,11,16,18H,1H3,(H,17,19)(H,20,21)/t5-,11+/m1/s1. The molecule has 2 rings (SSSR count). The van der Waals surface area contributed by atoms with Gasteiger partial charge in [0.1, 0.15) is 0 Å². The highest BCUT2D eigenvalue weighted by molar-refractivity contribution is 9.13. The summed E-state index contributed by atoms with van der Waals surface area (Å²) in [7, 11) is 0. The topological polar surface area (TPSA) is 102 Å². The van der Waals surface area contributed by atoms with Crippen LogP contribution >= 0.6 is 31.9 Å². The summed E-state index contributed by atoms with van der Waals surface area (Å²) in [5.74, 6) is -1.86. The fourth-order valence-electron chi connectivity index (χ4n) is 1.91. The van der Waals surface area contributed by atoms with Crippen molar-refractivity contribution in [2.24, 2.45) is 0 Å². The molecule has 0 aliphatic carbocycles. The van der Waals surface area contributed by atoms with Gasteiger partial charge in [0, 0.05) is 26.0 Å². The van der Waals surface area contributed by atoms with Crippen molar-refractivity contribution in [3.05, 3.63) is 32.8 Å². The highest BCUT2D eigenvalue weighted by Gasteiger charge is 2.26. The number of hydrogen-bond donors (Lipinski definition) is 4. The SMILES string of the molecule is C[C@@H](O)[C@H](NC(=O)c1c[nH]c2cc(Br)c(Br)cc12)C(=O)O. The van der Waals surface area contributed by atoms with Crippen molar-refractivity contribution >= 4 is 54.6 Å². The van der Waals surface area contributed by atoms with Crippen LogP contribution in [0.1, 0.15) is 17.3 Å². The molecule has 0 radical (unpaired) electrons. The van der Waals surface area contributed by atoms with E-state index in [4.69, 9.17) is 5.11 Å². The number of nitrogens with one attached hydrogen (secondary N) is 2. The lowest BCUT2D eigenvalue weighted by Gasteiger charge is -2.16. The van der Waals surface area contributed by atoms with E-state index in [2.05, 4.69) is 42.2 Å². The van der Waals surface area contributed by atoms with Gasteiger partial charge in [-0.05, 0) is 50.9 Å². The Balaban J connectivity index is 2.36. The van der Waals surface area contributed by atoms with Gasteiger partial charge in [-0.25, -0.2) is 4.79 Å². The van der Waals surface area contributed by atoms with Crippen LogP contribution in [-0.2, 0) is 4.79 Å². The Bertz CT molecular complexity index is 712. The zero-order valence-electron chi connectivity index (χ0n) is 10.9. The molecule has 1 amide bonds. The summed E-state index contributed by atoms with van der Waals surface area (Å²) in [5, 5.41) is 21.4. The van der Waals surface area contributed by atoms with E-state index in [0.29, 0.717) is 10.9 Å². The lowest BCUT2D eigenvalue weighted by Crippen LogP contribution is -2.47. The fraction of sp³-hybridized carbons (Fsp3) is 0.231. The first-order chi connectivity index (χ1) is 9.81. The number of aliphatic hydroxyl groups is 1. The number of aromatic amines is 1. The Morgan fingerprint density at radius 1 is 1.29 bits per heavy atom. The molecule has 1 heterocycles. The number of aliphatic carboxylic acids is 1. The lowest BCUT2D eigenvalue weighted by molar-refractivity contribution is -0.141. The molecular weight excluding hydrogens is 408 g/mol. The van der Waals surface area contributed by atoms with Crippen LogP contribution in [0.5, 0.6) is 0 Å². The molecule has 1 aromatic carbocycles. The van der Waals surface area contributed by atoms with Crippen molar-refractivity contribution in [2.45, 2.75) is 19.1 Å². The van der Waals surface area contributed by atoms with E-state index in [1.54, 1.807) is 12.1 Å². The molecule has 8 heteroatoms. The molecule has 0 saturated heterocycles. The van der Waals surface area contributed by atoms with Crippen LogP contribution in [-0.4, -0.2) is 39.2 Å². The molecule has 21 heavy (non-hydrogen) atoms. The van der Waals surface area contributed by atoms with Crippen LogP contribution in [0.25, 0.3) is 10.9 Å². The zero-order valence-corrected chi connectivity index (χ0v) is 14.0. The summed E-state index contributed by atoms with van der Waals surface area (Å²) in [6.07, 6.45) is 0.303. The third-order valence-electron chi connectivity index (χ3n) is 3.00. The van der Waals surface area contributed by atoms with Gasteiger partial charge in [0.2, 0.25) is 0 Å². The van der Waals surface area contributed by atoms with Gasteiger partial charge in [-0.2, -0.15) is 0 Å². The number of halogens is 2. The highest BCUT2D eigenvalue weighted by atomic mass is 79.9. The van der Waals surface area contributed by atoms with E-state index in [-0.39, 0.29) is 0 Å². The number of fused-ring (bicyclic) bond motifs is 1. The van der Waals surface area contributed by atoms with Gasteiger partial charge in [0.15, 0.2) is 6.04 Å². The van der Waals surface area contributed by atoms with E-state index in [1.165, 1.54) is 13.1 Å². The number of carboxylic acids is 1. The Kier molecular flexibility index (Phi) is 4.70. The molecule has 0 fully saturated rings. The first-order valence-corrected chi connectivity index (χ1v) is 7.57. The monoisotopic (exact) mass is 418 g/mol. The maximum absolute atomic E-state index is 12.2. The molecule has 0 aliphatic rings. The van der Waals surface area contributed by atoms with Gasteiger partial charge >= 0.3 is 5.97 Å². The van der Waals surface area contributed by atoms with Crippen molar-refractivity contribution in [2.75, 3.05) is 0 Å². The van der Waals surface area contributed by atoms with Crippen LogP contribution in [0, 0.1) is 0 Å². The minimum Gasteiger partial charge on any atom is -0.480 e. The lowest BCUT2D eigenvalue weighted by atomic mass is 10.1. The molecule has 1 aromatic heterocycles. The maximum atomic E-state index is 12.2. The van der Waals surface area contributed by atoms with Crippen molar-refractivity contribution in [1.29, 1.82) is 0 Å². The number of rotatable bonds is 4. The van der Waals surface area contributed by atoms with Crippen molar-refractivity contribution in [3.63, 3.8) is 0 Å². The first kappa shape index (κ1) is 16.0. The van der Waals surface area contributed by atoms with Gasteiger partial charge < -0.3 is 20.5 Å². The van der Waals surface area contributed by atoms with Crippen molar-refractivity contribution in [1.82, 2.24) is 10.3 Å². The Hall–Kier alpha value is -1.38. The van der Waals surface area contributed by atoms with Gasteiger partial charge in [0.25, 0.3) is 5.91 Å². The van der Waals surface area contributed by atoms with Crippen LogP contribution in [0.3, 0.4) is 0 Å². The Morgan fingerprint density at radius 2 is 1.90 bits per heavy atom. The molecule has 0 bridgehead atoms. The minimum atomic E-state index is -1.36. The predicted molar refractivity (Wildman–Crippen MR) is 84.3 cm³/mol. The third-order valence-corrected chi connectivity index (χ3v) is 4.85. The molecule has 0 spiro atoms. The average molecular weight is 420 g/mol. The normalized spacial score (nSPS) is 13.9. The highest BCUT2D eigenvalue weighted by Crippen LogP contribution is 2.30. The van der Waals surface area contributed by atoms with Gasteiger partial charge in [-0.1, -0.05) is 0 Å². The minimum absolute atomic E-state index is 0.310.